The Kier molecular flexibility index (Phi) is 2.54. The molecule has 0 spiro atoms. The number of fused-ring (bicyclic) bond motifs is 1. The van der Waals surface area contributed by atoms with Gasteiger partial charge in [-0.05, 0) is 18.8 Å². The third kappa shape index (κ3) is 1.83. The molecule has 3 heterocycles. The Labute approximate surface area is 92.6 Å². The van der Waals surface area contributed by atoms with Crippen molar-refractivity contribution in [3.63, 3.8) is 0 Å². The van der Waals surface area contributed by atoms with E-state index in [-0.39, 0.29) is 0 Å². The molecule has 2 aliphatic heterocycles. The third-order valence-electron chi connectivity index (χ3n) is 3.05. The highest BCUT2D eigenvalue weighted by molar-refractivity contribution is 7.99. The molecule has 0 saturated carbocycles. The van der Waals surface area contributed by atoms with E-state index in [1.807, 2.05) is 4.68 Å². The van der Waals surface area contributed by atoms with Gasteiger partial charge in [-0.2, -0.15) is 0 Å². The normalized spacial score (nSPS) is 27.1. The van der Waals surface area contributed by atoms with Crippen molar-refractivity contribution in [2.24, 2.45) is 5.92 Å². The van der Waals surface area contributed by atoms with Gasteiger partial charge in [0.1, 0.15) is 6.33 Å². The van der Waals surface area contributed by atoms with Gasteiger partial charge in [0, 0.05) is 19.0 Å². The standard InChI is InChI=1S/C9H14N4OS/c1-3-14-4-2-7(1)8-5-15-9-11-10-6-13(9)12-8/h6-8,12H,1-5H2. The number of nitrogens with one attached hydrogen (secondary N) is 1. The SMILES string of the molecule is c1nnc2n1NC(C1CCOCC1)CS2. The van der Waals surface area contributed by atoms with Crippen LogP contribution in [0.25, 0.3) is 0 Å². The highest BCUT2D eigenvalue weighted by Gasteiger charge is 2.28. The first-order chi connectivity index (χ1) is 7.43. The maximum absolute atomic E-state index is 5.38. The first-order valence-corrected chi connectivity index (χ1v) is 6.29. The van der Waals surface area contributed by atoms with E-state index in [1.165, 1.54) is 0 Å². The summed E-state index contributed by atoms with van der Waals surface area (Å²) in [5, 5.41) is 8.88. The van der Waals surface area contributed by atoms with Crippen molar-refractivity contribution in [3.8, 4) is 0 Å². The van der Waals surface area contributed by atoms with Crippen LogP contribution in [-0.4, -0.2) is 39.9 Å². The van der Waals surface area contributed by atoms with Crippen LogP contribution in [0.15, 0.2) is 11.5 Å². The first kappa shape index (κ1) is 9.47. The van der Waals surface area contributed by atoms with Crippen molar-refractivity contribution in [1.29, 1.82) is 0 Å². The fourth-order valence-corrected chi connectivity index (χ4v) is 3.17. The van der Waals surface area contributed by atoms with E-state index in [0.29, 0.717) is 6.04 Å². The van der Waals surface area contributed by atoms with Crippen LogP contribution >= 0.6 is 11.8 Å². The summed E-state index contributed by atoms with van der Waals surface area (Å²) >= 11 is 1.78. The van der Waals surface area contributed by atoms with Gasteiger partial charge >= 0.3 is 0 Å². The fraction of sp³-hybridized carbons (Fsp3) is 0.778. The molecule has 1 aromatic rings. The molecular formula is C9H14N4OS. The van der Waals surface area contributed by atoms with Crippen LogP contribution < -0.4 is 5.43 Å². The van der Waals surface area contributed by atoms with Gasteiger partial charge in [-0.1, -0.05) is 11.8 Å². The average Bonchev–Trinajstić information content (AvgIpc) is 2.77. The summed E-state index contributed by atoms with van der Waals surface area (Å²) in [5.41, 5.74) is 3.46. The van der Waals surface area contributed by atoms with E-state index in [2.05, 4.69) is 15.6 Å². The molecular weight excluding hydrogens is 212 g/mol. The molecule has 15 heavy (non-hydrogen) atoms. The Balaban J connectivity index is 1.69. The smallest absolute Gasteiger partial charge is 0.209 e. The van der Waals surface area contributed by atoms with Gasteiger partial charge < -0.3 is 10.2 Å². The summed E-state index contributed by atoms with van der Waals surface area (Å²) in [4.78, 5) is 0. The molecule has 5 nitrogen and oxygen atoms in total. The minimum absolute atomic E-state index is 0.530. The van der Waals surface area contributed by atoms with Gasteiger partial charge in [0.15, 0.2) is 0 Å². The molecule has 1 N–H and O–H groups in total. The Morgan fingerprint density at radius 2 is 2.33 bits per heavy atom. The Morgan fingerprint density at radius 3 is 3.20 bits per heavy atom. The van der Waals surface area contributed by atoms with Crippen LogP contribution in [0.2, 0.25) is 0 Å². The first-order valence-electron chi connectivity index (χ1n) is 5.30. The van der Waals surface area contributed by atoms with E-state index in [4.69, 9.17) is 4.74 Å². The van der Waals surface area contributed by atoms with Crippen LogP contribution in [0.4, 0.5) is 0 Å². The lowest BCUT2D eigenvalue weighted by atomic mass is 9.93. The molecule has 2 aliphatic rings. The summed E-state index contributed by atoms with van der Waals surface area (Å²) in [6.07, 6.45) is 4.07. The average molecular weight is 226 g/mol. The van der Waals surface area contributed by atoms with Gasteiger partial charge in [0.25, 0.3) is 0 Å². The van der Waals surface area contributed by atoms with Gasteiger partial charge in [-0.15, -0.1) is 10.2 Å². The molecule has 0 aliphatic carbocycles. The van der Waals surface area contributed by atoms with Crippen molar-refractivity contribution in [3.05, 3.63) is 6.33 Å². The molecule has 0 amide bonds. The largest absolute Gasteiger partial charge is 0.381 e. The Morgan fingerprint density at radius 1 is 1.47 bits per heavy atom. The highest BCUT2D eigenvalue weighted by Crippen LogP contribution is 2.28. The fourth-order valence-electron chi connectivity index (χ4n) is 2.15. The van der Waals surface area contributed by atoms with E-state index in [0.717, 1.165) is 42.9 Å². The van der Waals surface area contributed by atoms with E-state index < -0.39 is 0 Å². The topological polar surface area (TPSA) is 52.0 Å². The van der Waals surface area contributed by atoms with Crippen molar-refractivity contribution in [1.82, 2.24) is 14.9 Å². The van der Waals surface area contributed by atoms with Crippen molar-refractivity contribution < 1.29 is 4.74 Å². The molecule has 0 bridgehead atoms. The lowest BCUT2D eigenvalue weighted by molar-refractivity contribution is 0.0611. The quantitative estimate of drug-likeness (QED) is 0.765. The minimum Gasteiger partial charge on any atom is -0.381 e. The highest BCUT2D eigenvalue weighted by atomic mass is 32.2. The Bertz CT molecular complexity index is 337. The van der Waals surface area contributed by atoms with E-state index in [1.54, 1.807) is 18.1 Å². The van der Waals surface area contributed by atoms with E-state index >= 15 is 0 Å². The summed E-state index contributed by atoms with van der Waals surface area (Å²) < 4.78 is 7.32. The van der Waals surface area contributed by atoms with Crippen molar-refractivity contribution >= 4 is 11.8 Å². The number of rotatable bonds is 1. The number of nitrogens with zero attached hydrogens (tertiary/aromatic N) is 3. The predicted octanol–water partition coefficient (Wildman–Crippen LogP) is 0.722. The number of aromatic nitrogens is 3. The molecule has 3 rings (SSSR count). The maximum atomic E-state index is 5.38. The van der Waals surface area contributed by atoms with Gasteiger partial charge in [-0.3, -0.25) is 0 Å². The second-order valence-corrected chi connectivity index (χ2v) is 4.97. The van der Waals surface area contributed by atoms with Crippen LogP contribution in [0.5, 0.6) is 0 Å². The lowest BCUT2D eigenvalue weighted by Crippen LogP contribution is -2.41. The molecule has 82 valence electrons. The zero-order valence-corrected chi connectivity index (χ0v) is 9.24. The van der Waals surface area contributed by atoms with Crippen LogP contribution in [0.1, 0.15) is 12.8 Å². The predicted molar refractivity (Wildman–Crippen MR) is 57.4 cm³/mol. The summed E-state index contributed by atoms with van der Waals surface area (Å²) in [6, 6.07) is 0.530. The summed E-state index contributed by atoms with van der Waals surface area (Å²) in [6.45, 7) is 1.81. The minimum atomic E-state index is 0.530. The molecule has 1 aromatic heterocycles. The van der Waals surface area contributed by atoms with E-state index in [9.17, 15) is 0 Å². The van der Waals surface area contributed by atoms with Crippen LogP contribution in [0, 0.1) is 5.92 Å². The van der Waals surface area contributed by atoms with Gasteiger partial charge in [-0.25, -0.2) is 4.68 Å². The summed E-state index contributed by atoms with van der Waals surface area (Å²) in [7, 11) is 0. The zero-order valence-electron chi connectivity index (χ0n) is 8.43. The number of hydrogen-bond acceptors (Lipinski definition) is 5. The maximum Gasteiger partial charge on any atom is 0.209 e. The number of hydrogen-bond donors (Lipinski definition) is 1. The molecule has 0 aromatic carbocycles. The summed E-state index contributed by atoms with van der Waals surface area (Å²) in [5.74, 6) is 1.81. The second-order valence-electron chi connectivity index (χ2n) is 3.98. The number of thioether (sulfide) groups is 1. The zero-order chi connectivity index (χ0) is 10.1. The molecule has 6 heteroatoms. The second kappa shape index (κ2) is 4.02. The van der Waals surface area contributed by atoms with Crippen LogP contribution in [-0.2, 0) is 4.74 Å². The monoisotopic (exact) mass is 226 g/mol. The molecule has 0 radical (unpaired) electrons. The lowest BCUT2D eigenvalue weighted by Gasteiger charge is -2.33. The molecule has 1 atom stereocenters. The molecule has 1 unspecified atom stereocenters. The van der Waals surface area contributed by atoms with Crippen LogP contribution in [0.3, 0.4) is 0 Å². The molecule has 1 saturated heterocycles. The Hall–Kier alpha value is -0.750. The number of ether oxygens (including phenoxy) is 1. The van der Waals surface area contributed by atoms with Gasteiger partial charge in [0.05, 0.1) is 6.04 Å². The van der Waals surface area contributed by atoms with Crippen molar-refractivity contribution in [2.75, 3.05) is 24.4 Å². The van der Waals surface area contributed by atoms with Gasteiger partial charge in [0.2, 0.25) is 5.16 Å². The van der Waals surface area contributed by atoms with Crippen molar-refractivity contribution in [2.45, 2.75) is 24.0 Å². The molecule has 1 fully saturated rings. The third-order valence-corrected chi connectivity index (χ3v) is 4.11.